The van der Waals surface area contributed by atoms with Crippen LogP contribution in [0.3, 0.4) is 0 Å². The minimum absolute atomic E-state index is 0.0754. The van der Waals surface area contributed by atoms with Crippen molar-refractivity contribution in [3.8, 4) is 0 Å². The number of ether oxygens (including phenoxy) is 1. The molecule has 0 saturated carbocycles. The summed E-state index contributed by atoms with van der Waals surface area (Å²) in [5.41, 5.74) is 1.35. The van der Waals surface area contributed by atoms with Gasteiger partial charge in [0.25, 0.3) is 5.69 Å². The summed E-state index contributed by atoms with van der Waals surface area (Å²) in [5, 5.41) is 15.0. The molecule has 6 nitrogen and oxygen atoms in total. The van der Waals surface area contributed by atoms with Crippen molar-refractivity contribution in [1.29, 1.82) is 0 Å². The standard InChI is InChI=1S/C14H15N3O3/c1-14(6-8-20-9-14)16-11-4-5-12(17(18)19)10-3-2-7-15-13(10)11/h2-5,7,16H,6,8-9H2,1H3. The van der Waals surface area contributed by atoms with E-state index >= 15 is 0 Å². The van der Waals surface area contributed by atoms with Crippen molar-refractivity contribution < 1.29 is 9.66 Å². The van der Waals surface area contributed by atoms with Crippen LogP contribution in [0.1, 0.15) is 13.3 Å². The fourth-order valence-corrected chi connectivity index (χ4v) is 2.51. The van der Waals surface area contributed by atoms with E-state index in [0.29, 0.717) is 17.5 Å². The number of pyridine rings is 1. The van der Waals surface area contributed by atoms with Gasteiger partial charge in [-0.25, -0.2) is 0 Å². The molecule has 2 heterocycles. The highest BCUT2D eigenvalue weighted by Crippen LogP contribution is 2.32. The molecule has 1 N–H and O–H groups in total. The molecule has 6 heteroatoms. The average molecular weight is 273 g/mol. The van der Waals surface area contributed by atoms with E-state index in [1.165, 1.54) is 6.07 Å². The zero-order chi connectivity index (χ0) is 14.2. The molecule has 1 aromatic carbocycles. The zero-order valence-corrected chi connectivity index (χ0v) is 11.1. The zero-order valence-electron chi connectivity index (χ0n) is 11.1. The second kappa shape index (κ2) is 4.72. The Labute approximate surface area is 115 Å². The fourth-order valence-electron chi connectivity index (χ4n) is 2.51. The van der Waals surface area contributed by atoms with Crippen LogP contribution in [0, 0.1) is 10.1 Å². The van der Waals surface area contributed by atoms with E-state index in [1.807, 2.05) is 0 Å². The molecule has 1 fully saturated rings. The van der Waals surface area contributed by atoms with Crippen molar-refractivity contribution in [3.63, 3.8) is 0 Å². The molecule has 3 rings (SSSR count). The number of aromatic nitrogens is 1. The summed E-state index contributed by atoms with van der Waals surface area (Å²) in [5.74, 6) is 0. The number of benzene rings is 1. The van der Waals surface area contributed by atoms with Gasteiger partial charge in [0.1, 0.15) is 5.52 Å². The molecule has 1 unspecified atom stereocenters. The van der Waals surface area contributed by atoms with Crippen molar-refractivity contribution >= 4 is 22.3 Å². The van der Waals surface area contributed by atoms with Crippen molar-refractivity contribution in [3.05, 3.63) is 40.6 Å². The van der Waals surface area contributed by atoms with Crippen LogP contribution in [-0.4, -0.2) is 28.7 Å². The minimum atomic E-state index is -0.381. The van der Waals surface area contributed by atoms with Gasteiger partial charge < -0.3 is 10.1 Å². The Balaban J connectivity index is 2.08. The first kappa shape index (κ1) is 12.8. The Morgan fingerprint density at radius 2 is 2.30 bits per heavy atom. The number of rotatable bonds is 3. The Morgan fingerprint density at radius 1 is 1.45 bits per heavy atom. The van der Waals surface area contributed by atoms with E-state index < -0.39 is 0 Å². The molecule has 20 heavy (non-hydrogen) atoms. The van der Waals surface area contributed by atoms with E-state index in [4.69, 9.17) is 4.74 Å². The van der Waals surface area contributed by atoms with Crippen molar-refractivity contribution in [1.82, 2.24) is 4.98 Å². The lowest BCUT2D eigenvalue weighted by Gasteiger charge is -2.25. The fraction of sp³-hybridized carbons (Fsp3) is 0.357. The molecule has 0 aliphatic carbocycles. The summed E-state index contributed by atoms with van der Waals surface area (Å²) >= 11 is 0. The third-order valence-electron chi connectivity index (χ3n) is 3.60. The van der Waals surface area contributed by atoms with Crippen LogP contribution < -0.4 is 5.32 Å². The SMILES string of the molecule is CC1(Nc2ccc([N+](=O)[O-])c3cccnc23)CCOC1. The van der Waals surface area contributed by atoms with Crippen molar-refractivity contribution in [2.24, 2.45) is 0 Å². The number of nitrogens with zero attached hydrogens (tertiary/aromatic N) is 2. The first-order valence-electron chi connectivity index (χ1n) is 6.47. The Bertz CT molecular complexity index is 666. The predicted molar refractivity (Wildman–Crippen MR) is 75.9 cm³/mol. The maximum atomic E-state index is 11.1. The lowest BCUT2D eigenvalue weighted by molar-refractivity contribution is -0.383. The third kappa shape index (κ3) is 2.18. The van der Waals surface area contributed by atoms with Crippen LogP contribution in [0.5, 0.6) is 0 Å². The number of hydrogen-bond donors (Lipinski definition) is 1. The summed E-state index contributed by atoms with van der Waals surface area (Å²) in [4.78, 5) is 15.0. The summed E-state index contributed by atoms with van der Waals surface area (Å²) in [6, 6.07) is 6.67. The van der Waals surface area contributed by atoms with Crippen LogP contribution in [0.4, 0.5) is 11.4 Å². The highest BCUT2D eigenvalue weighted by Gasteiger charge is 2.30. The number of non-ortho nitro benzene ring substituents is 1. The van der Waals surface area contributed by atoms with E-state index in [9.17, 15) is 10.1 Å². The molecular weight excluding hydrogens is 258 g/mol. The van der Waals surface area contributed by atoms with Gasteiger partial charge in [-0.15, -0.1) is 0 Å². The summed E-state index contributed by atoms with van der Waals surface area (Å²) < 4.78 is 5.42. The first-order chi connectivity index (χ1) is 9.59. The predicted octanol–water partition coefficient (Wildman–Crippen LogP) is 2.73. The summed E-state index contributed by atoms with van der Waals surface area (Å²) in [7, 11) is 0. The Kier molecular flexibility index (Phi) is 3.02. The molecule has 1 atom stereocenters. The Hall–Kier alpha value is -2.21. The lowest BCUT2D eigenvalue weighted by atomic mass is 10.0. The first-order valence-corrected chi connectivity index (χ1v) is 6.47. The third-order valence-corrected chi connectivity index (χ3v) is 3.60. The number of hydrogen-bond acceptors (Lipinski definition) is 5. The quantitative estimate of drug-likeness (QED) is 0.687. The molecule has 1 aliphatic heterocycles. The van der Waals surface area contributed by atoms with Crippen LogP contribution in [-0.2, 0) is 4.74 Å². The molecule has 0 radical (unpaired) electrons. The largest absolute Gasteiger partial charge is 0.379 e. The van der Waals surface area contributed by atoms with Crippen LogP contribution >= 0.6 is 0 Å². The molecule has 1 aromatic heterocycles. The van der Waals surface area contributed by atoms with Crippen molar-refractivity contribution in [2.75, 3.05) is 18.5 Å². The van der Waals surface area contributed by atoms with Gasteiger partial charge in [0, 0.05) is 18.9 Å². The second-order valence-corrected chi connectivity index (χ2v) is 5.28. The van der Waals surface area contributed by atoms with E-state index in [0.717, 1.165) is 18.7 Å². The van der Waals surface area contributed by atoms with E-state index in [1.54, 1.807) is 24.4 Å². The van der Waals surface area contributed by atoms with Crippen LogP contribution in [0.15, 0.2) is 30.5 Å². The molecule has 1 aliphatic rings. The van der Waals surface area contributed by atoms with Gasteiger partial charge in [-0.1, -0.05) is 0 Å². The number of anilines is 1. The Morgan fingerprint density at radius 3 is 3.00 bits per heavy atom. The summed E-state index contributed by atoms with van der Waals surface area (Å²) in [6.45, 7) is 3.43. The number of nitrogens with one attached hydrogen (secondary N) is 1. The summed E-state index contributed by atoms with van der Waals surface area (Å²) in [6.07, 6.45) is 2.54. The maximum absolute atomic E-state index is 11.1. The highest BCUT2D eigenvalue weighted by molar-refractivity contribution is 5.96. The topological polar surface area (TPSA) is 77.3 Å². The van der Waals surface area contributed by atoms with Crippen LogP contribution in [0.25, 0.3) is 10.9 Å². The molecule has 0 bridgehead atoms. The smallest absolute Gasteiger partial charge is 0.278 e. The highest BCUT2D eigenvalue weighted by atomic mass is 16.6. The normalized spacial score (nSPS) is 22.1. The number of nitro groups is 1. The van der Waals surface area contributed by atoms with Gasteiger partial charge in [-0.05, 0) is 31.5 Å². The molecule has 0 spiro atoms. The lowest BCUT2D eigenvalue weighted by Crippen LogP contribution is -2.35. The van der Waals surface area contributed by atoms with Gasteiger partial charge in [0.2, 0.25) is 0 Å². The van der Waals surface area contributed by atoms with Crippen LogP contribution in [0.2, 0.25) is 0 Å². The van der Waals surface area contributed by atoms with Gasteiger partial charge >= 0.3 is 0 Å². The molecular formula is C14H15N3O3. The van der Waals surface area contributed by atoms with Gasteiger partial charge in [-0.2, -0.15) is 0 Å². The monoisotopic (exact) mass is 273 g/mol. The van der Waals surface area contributed by atoms with Gasteiger partial charge in [0.15, 0.2) is 0 Å². The van der Waals surface area contributed by atoms with E-state index in [-0.39, 0.29) is 16.1 Å². The molecule has 0 amide bonds. The van der Waals surface area contributed by atoms with Gasteiger partial charge in [0.05, 0.1) is 28.1 Å². The molecule has 104 valence electrons. The maximum Gasteiger partial charge on any atom is 0.278 e. The van der Waals surface area contributed by atoms with Crippen molar-refractivity contribution in [2.45, 2.75) is 18.9 Å². The molecule has 1 saturated heterocycles. The average Bonchev–Trinajstić information content (AvgIpc) is 2.85. The second-order valence-electron chi connectivity index (χ2n) is 5.28. The van der Waals surface area contributed by atoms with E-state index in [2.05, 4.69) is 17.2 Å². The molecule has 2 aromatic rings. The number of nitro benzene ring substituents is 1. The van der Waals surface area contributed by atoms with Gasteiger partial charge in [-0.3, -0.25) is 15.1 Å². The number of fused-ring (bicyclic) bond motifs is 1. The minimum Gasteiger partial charge on any atom is -0.379 e.